The summed E-state index contributed by atoms with van der Waals surface area (Å²) in [6.45, 7) is 0.967. The zero-order chi connectivity index (χ0) is 15.7. The first-order valence-electron chi connectivity index (χ1n) is 6.86. The third-order valence-electron chi connectivity index (χ3n) is 3.08. The molecule has 0 aromatic heterocycles. The zero-order valence-electron chi connectivity index (χ0n) is 12.5. The van der Waals surface area contributed by atoms with E-state index in [2.05, 4.69) is 5.32 Å². The smallest absolute Gasteiger partial charge is 0.317 e. The van der Waals surface area contributed by atoms with Gasteiger partial charge in [-0.25, -0.2) is 4.79 Å². The molecule has 0 heterocycles. The first-order chi connectivity index (χ1) is 10.0. The Bertz CT molecular complexity index is 459. The molecule has 0 bridgehead atoms. The number of ether oxygens (including phenoxy) is 1. The average molecular weight is 294 g/mol. The Labute approximate surface area is 124 Å². The second-order valence-electron chi connectivity index (χ2n) is 4.75. The number of benzene rings is 1. The molecule has 6 heteroatoms. The Kier molecular flexibility index (Phi) is 7.08. The number of hydrogen-bond donors (Lipinski definition) is 2. The average Bonchev–Trinajstić information content (AvgIpc) is 2.47. The first-order valence-corrected chi connectivity index (χ1v) is 6.86. The topological polar surface area (TPSA) is 78.9 Å². The van der Waals surface area contributed by atoms with Gasteiger partial charge in [-0.3, -0.25) is 4.79 Å². The highest BCUT2D eigenvalue weighted by Crippen LogP contribution is 2.11. The van der Waals surface area contributed by atoms with Gasteiger partial charge in [0.05, 0.1) is 7.11 Å². The van der Waals surface area contributed by atoms with E-state index in [0.717, 1.165) is 17.7 Å². The SMILES string of the molecule is COc1ccc(CCNC(=O)N(C)CCCC(=O)O)cc1. The lowest BCUT2D eigenvalue weighted by Gasteiger charge is -2.17. The van der Waals surface area contributed by atoms with Crippen LogP contribution in [0.3, 0.4) is 0 Å². The maximum Gasteiger partial charge on any atom is 0.317 e. The molecule has 1 aromatic carbocycles. The molecule has 0 spiro atoms. The molecule has 0 saturated heterocycles. The van der Waals surface area contributed by atoms with Crippen molar-refractivity contribution >= 4 is 12.0 Å². The van der Waals surface area contributed by atoms with E-state index in [1.165, 1.54) is 4.90 Å². The van der Waals surface area contributed by atoms with Crippen LogP contribution in [0.5, 0.6) is 5.75 Å². The number of methoxy groups -OCH3 is 1. The first kappa shape index (κ1) is 16.8. The van der Waals surface area contributed by atoms with Crippen molar-refractivity contribution in [2.24, 2.45) is 0 Å². The standard InChI is InChI=1S/C15H22N2O4/c1-17(11-3-4-14(18)19)15(20)16-10-9-12-5-7-13(21-2)8-6-12/h5-8H,3-4,9-11H2,1-2H3,(H,16,20)(H,18,19). The minimum absolute atomic E-state index is 0.0729. The van der Waals surface area contributed by atoms with Gasteiger partial charge in [0.1, 0.15) is 5.75 Å². The van der Waals surface area contributed by atoms with Crippen LogP contribution in [0.15, 0.2) is 24.3 Å². The van der Waals surface area contributed by atoms with Crippen molar-refractivity contribution in [2.75, 3.05) is 27.2 Å². The number of carboxylic acid groups (broad SMARTS) is 1. The summed E-state index contributed by atoms with van der Waals surface area (Å²) in [4.78, 5) is 23.7. The van der Waals surface area contributed by atoms with Crippen LogP contribution in [0.1, 0.15) is 18.4 Å². The van der Waals surface area contributed by atoms with Crippen molar-refractivity contribution in [3.8, 4) is 5.75 Å². The number of amides is 2. The van der Waals surface area contributed by atoms with Crippen LogP contribution in [0.4, 0.5) is 4.79 Å². The fourth-order valence-electron chi connectivity index (χ4n) is 1.81. The van der Waals surface area contributed by atoms with E-state index < -0.39 is 5.97 Å². The largest absolute Gasteiger partial charge is 0.497 e. The van der Waals surface area contributed by atoms with E-state index in [4.69, 9.17) is 9.84 Å². The Balaban J connectivity index is 2.24. The molecule has 6 nitrogen and oxygen atoms in total. The Morgan fingerprint density at radius 2 is 1.95 bits per heavy atom. The van der Waals surface area contributed by atoms with Crippen molar-refractivity contribution in [1.29, 1.82) is 0 Å². The maximum absolute atomic E-state index is 11.8. The van der Waals surface area contributed by atoms with Gasteiger partial charge >= 0.3 is 12.0 Å². The molecule has 0 atom stereocenters. The van der Waals surface area contributed by atoms with Crippen molar-refractivity contribution in [2.45, 2.75) is 19.3 Å². The summed E-state index contributed by atoms with van der Waals surface area (Å²) in [5, 5.41) is 11.3. The molecule has 0 radical (unpaired) electrons. The van der Waals surface area contributed by atoms with Crippen LogP contribution in [0.25, 0.3) is 0 Å². The van der Waals surface area contributed by atoms with Gasteiger partial charge in [0, 0.05) is 26.6 Å². The molecule has 0 aliphatic rings. The van der Waals surface area contributed by atoms with E-state index in [0.29, 0.717) is 19.5 Å². The highest BCUT2D eigenvalue weighted by Gasteiger charge is 2.08. The lowest BCUT2D eigenvalue weighted by Crippen LogP contribution is -2.38. The van der Waals surface area contributed by atoms with Crippen molar-refractivity contribution in [1.82, 2.24) is 10.2 Å². The van der Waals surface area contributed by atoms with E-state index in [1.54, 1.807) is 14.2 Å². The number of nitrogens with one attached hydrogen (secondary N) is 1. The maximum atomic E-state index is 11.8. The summed E-state index contributed by atoms with van der Waals surface area (Å²) in [5.41, 5.74) is 1.12. The van der Waals surface area contributed by atoms with E-state index in [1.807, 2.05) is 24.3 Å². The molecule has 2 amide bonds. The number of urea groups is 1. The normalized spacial score (nSPS) is 10.0. The summed E-state index contributed by atoms with van der Waals surface area (Å²) in [7, 11) is 3.28. The van der Waals surface area contributed by atoms with Crippen molar-refractivity contribution in [3.05, 3.63) is 29.8 Å². The predicted molar refractivity (Wildman–Crippen MR) is 79.6 cm³/mol. The van der Waals surface area contributed by atoms with Gasteiger partial charge in [-0.2, -0.15) is 0 Å². The monoisotopic (exact) mass is 294 g/mol. The fraction of sp³-hybridized carbons (Fsp3) is 0.467. The molecule has 1 rings (SSSR count). The molecule has 2 N–H and O–H groups in total. The second kappa shape index (κ2) is 8.84. The predicted octanol–water partition coefficient (Wildman–Crippen LogP) is 1.74. The molecule has 0 fully saturated rings. The molecular weight excluding hydrogens is 272 g/mol. The van der Waals surface area contributed by atoms with Crippen LogP contribution >= 0.6 is 0 Å². The molecule has 1 aromatic rings. The summed E-state index contributed by atoms with van der Waals surface area (Å²) in [6.07, 6.45) is 1.26. The Morgan fingerprint density at radius 3 is 2.52 bits per heavy atom. The van der Waals surface area contributed by atoms with Gasteiger partial charge < -0.3 is 20.1 Å². The van der Waals surface area contributed by atoms with Crippen LogP contribution in [0.2, 0.25) is 0 Å². The number of nitrogens with zero attached hydrogens (tertiary/aromatic N) is 1. The zero-order valence-corrected chi connectivity index (χ0v) is 12.5. The third kappa shape index (κ3) is 6.65. The number of aliphatic carboxylic acids is 1. The van der Waals surface area contributed by atoms with Gasteiger partial charge in [0.15, 0.2) is 0 Å². The van der Waals surface area contributed by atoms with Crippen LogP contribution in [0, 0.1) is 0 Å². The van der Waals surface area contributed by atoms with Crippen molar-refractivity contribution in [3.63, 3.8) is 0 Å². The number of carbonyl (C=O) groups excluding carboxylic acids is 1. The van der Waals surface area contributed by atoms with E-state index in [9.17, 15) is 9.59 Å². The summed E-state index contributed by atoms with van der Waals surface area (Å²) in [5.74, 6) is -0.0377. The lowest BCUT2D eigenvalue weighted by atomic mass is 10.1. The molecule has 0 unspecified atom stereocenters. The minimum atomic E-state index is -0.844. The van der Waals surface area contributed by atoms with Crippen molar-refractivity contribution < 1.29 is 19.4 Å². The van der Waals surface area contributed by atoms with Crippen LogP contribution in [-0.2, 0) is 11.2 Å². The highest BCUT2D eigenvalue weighted by atomic mass is 16.5. The van der Waals surface area contributed by atoms with Gasteiger partial charge in [0.25, 0.3) is 0 Å². The summed E-state index contributed by atoms with van der Waals surface area (Å²) >= 11 is 0. The third-order valence-corrected chi connectivity index (χ3v) is 3.08. The lowest BCUT2D eigenvalue weighted by molar-refractivity contribution is -0.137. The summed E-state index contributed by atoms with van der Waals surface area (Å²) < 4.78 is 5.08. The molecule has 0 aliphatic carbocycles. The number of carboxylic acids is 1. The minimum Gasteiger partial charge on any atom is -0.497 e. The van der Waals surface area contributed by atoms with E-state index >= 15 is 0 Å². The van der Waals surface area contributed by atoms with E-state index in [-0.39, 0.29) is 12.5 Å². The second-order valence-corrected chi connectivity index (χ2v) is 4.75. The Morgan fingerprint density at radius 1 is 1.29 bits per heavy atom. The highest BCUT2D eigenvalue weighted by molar-refractivity contribution is 5.74. The summed E-state index contributed by atoms with van der Waals surface area (Å²) in [6, 6.07) is 7.50. The van der Waals surface area contributed by atoms with Crippen LogP contribution < -0.4 is 10.1 Å². The molecule has 0 aliphatic heterocycles. The molecule has 116 valence electrons. The number of rotatable bonds is 8. The molecular formula is C15H22N2O4. The fourth-order valence-corrected chi connectivity index (χ4v) is 1.81. The van der Waals surface area contributed by atoms with Crippen LogP contribution in [-0.4, -0.2) is 49.3 Å². The quantitative estimate of drug-likeness (QED) is 0.765. The van der Waals surface area contributed by atoms with Gasteiger partial charge in [-0.1, -0.05) is 12.1 Å². The van der Waals surface area contributed by atoms with Gasteiger partial charge in [0.2, 0.25) is 0 Å². The van der Waals surface area contributed by atoms with Gasteiger partial charge in [-0.05, 0) is 30.5 Å². The molecule has 21 heavy (non-hydrogen) atoms. The Hall–Kier alpha value is -2.24. The number of hydrogen-bond acceptors (Lipinski definition) is 3. The molecule has 0 saturated carbocycles. The van der Waals surface area contributed by atoms with Gasteiger partial charge in [-0.15, -0.1) is 0 Å². The number of carbonyl (C=O) groups is 2.